The molecule has 1 aliphatic carbocycles. The van der Waals surface area contributed by atoms with Gasteiger partial charge in [0.25, 0.3) is 0 Å². The lowest BCUT2D eigenvalue weighted by Crippen LogP contribution is -2.20. The highest BCUT2D eigenvalue weighted by Crippen LogP contribution is 2.39. The topological polar surface area (TPSA) is 12.0 Å². The van der Waals surface area contributed by atoms with Crippen molar-refractivity contribution in [3.8, 4) is 0 Å². The molecule has 0 aliphatic heterocycles. The highest BCUT2D eigenvalue weighted by atomic mass is 32.2. The van der Waals surface area contributed by atoms with Gasteiger partial charge in [-0.05, 0) is 62.4 Å². The van der Waals surface area contributed by atoms with Crippen LogP contribution in [-0.4, -0.2) is 11.8 Å². The molecule has 0 amide bonds. The van der Waals surface area contributed by atoms with Crippen molar-refractivity contribution in [3.63, 3.8) is 0 Å². The van der Waals surface area contributed by atoms with E-state index in [2.05, 4.69) is 26.1 Å². The summed E-state index contributed by atoms with van der Waals surface area (Å²) >= 11 is 1.97. The molecule has 0 radical (unpaired) electrons. The monoisotopic (exact) mass is 309 g/mol. The molecule has 1 N–H and O–H groups in total. The van der Waals surface area contributed by atoms with Crippen LogP contribution in [0.3, 0.4) is 0 Å². The first-order valence-electron chi connectivity index (χ1n) is 8.21. The molecule has 0 aromatic heterocycles. The molecule has 1 aliphatic rings. The molecule has 3 unspecified atom stereocenters. The molecule has 2 rings (SSSR count). The van der Waals surface area contributed by atoms with Crippen LogP contribution in [0.2, 0.25) is 0 Å². The standard InChI is InChI=1S/C18H28FNS/c1-5-20-14(4)16-11-17(19)13(3)10-18(16)21-15-8-6-7-12(2)9-15/h10-12,14-15,20H,5-9H2,1-4H3. The van der Waals surface area contributed by atoms with Crippen molar-refractivity contribution >= 4 is 11.8 Å². The maximum absolute atomic E-state index is 14.0. The summed E-state index contributed by atoms with van der Waals surface area (Å²) in [6.07, 6.45) is 5.27. The van der Waals surface area contributed by atoms with Crippen molar-refractivity contribution in [1.29, 1.82) is 0 Å². The Balaban J connectivity index is 2.21. The summed E-state index contributed by atoms with van der Waals surface area (Å²) < 4.78 is 14.0. The molecule has 1 aromatic carbocycles. The predicted molar refractivity (Wildman–Crippen MR) is 90.5 cm³/mol. The van der Waals surface area contributed by atoms with Crippen molar-refractivity contribution in [3.05, 3.63) is 29.1 Å². The summed E-state index contributed by atoms with van der Waals surface area (Å²) in [5, 5.41) is 4.10. The van der Waals surface area contributed by atoms with E-state index in [1.54, 1.807) is 6.07 Å². The predicted octanol–water partition coefficient (Wildman–Crippen LogP) is 5.48. The third-order valence-electron chi connectivity index (χ3n) is 4.45. The first-order chi connectivity index (χ1) is 10.0. The SMILES string of the molecule is CCNC(C)c1cc(F)c(C)cc1SC1CCCC(C)C1. The minimum absolute atomic E-state index is 0.0869. The fourth-order valence-corrected chi connectivity index (χ4v) is 4.88. The van der Waals surface area contributed by atoms with Gasteiger partial charge < -0.3 is 5.32 Å². The van der Waals surface area contributed by atoms with Gasteiger partial charge in [0.05, 0.1) is 0 Å². The van der Waals surface area contributed by atoms with E-state index in [0.29, 0.717) is 5.25 Å². The Labute approximate surface area is 133 Å². The molecule has 3 atom stereocenters. The van der Waals surface area contributed by atoms with Gasteiger partial charge in [0.1, 0.15) is 5.82 Å². The van der Waals surface area contributed by atoms with Crippen LogP contribution in [0.5, 0.6) is 0 Å². The van der Waals surface area contributed by atoms with Crippen molar-refractivity contribution in [1.82, 2.24) is 5.32 Å². The fourth-order valence-electron chi connectivity index (χ4n) is 3.19. The summed E-state index contributed by atoms with van der Waals surface area (Å²) in [7, 11) is 0. The van der Waals surface area contributed by atoms with Crippen LogP contribution >= 0.6 is 11.8 Å². The first kappa shape index (κ1) is 16.8. The second kappa shape index (κ2) is 7.64. The summed E-state index contributed by atoms with van der Waals surface area (Å²) in [6, 6.07) is 3.98. The van der Waals surface area contributed by atoms with Gasteiger partial charge in [-0.3, -0.25) is 0 Å². The number of nitrogens with one attached hydrogen (secondary N) is 1. The molecule has 0 spiro atoms. The van der Waals surface area contributed by atoms with Crippen LogP contribution in [-0.2, 0) is 0 Å². The van der Waals surface area contributed by atoms with E-state index in [1.807, 2.05) is 24.8 Å². The molecule has 0 saturated heterocycles. The van der Waals surface area contributed by atoms with E-state index < -0.39 is 0 Å². The van der Waals surface area contributed by atoms with Crippen LogP contribution in [0.4, 0.5) is 4.39 Å². The minimum atomic E-state index is -0.0869. The van der Waals surface area contributed by atoms with Crippen LogP contribution in [0.15, 0.2) is 17.0 Å². The van der Waals surface area contributed by atoms with Crippen molar-refractivity contribution in [2.45, 2.75) is 69.6 Å². The molecule has 1 fully saturated rings. The Hall–Kier alpha value is -0.540. The van der Waals surface area contributed by atoms with Crippen LogP contribution in [0, 0.1) is 18.7 Å². The molecule has 21 heavy (non-hydrogen) atoms. The number of halogens is 1. The summed E-state index contributed by atoms with van der Waals surface area (Å²) in [5.41, 5.74) is 1.87. The van der Waals surface area contributed by atoms with E-state index in [-0.39, 0.29) is 11.9 Å². The Kier molecular flexibility index (Phi) is 6.12. The first-order valence-corrected chi connectivity index (χ1v) is 9.09. The van der Waals surface area contributed by atoms with Crippen molar-refractivity contribution < 1.29 is 4.39 Å². The highest BCUT2D eigenvalue weighted by molar-refractivity contribution is 8.00. The van der Waals surface area contributed by atoms with E-state index in [0.717, 1.165) is 23.6 Å². The molecule has 118 valence electrons. The number of aryl methyl sites for hydroxylation is 1. The number of hydrogen-bond donors (Lipinski definition) is 1. The fraction of sp³-hybridized carbons (Fsp3) is 0.667. The molecular formula is C18H28FNS. The van der Waals surface area contributed by atoms with Gasteiger partial charge in [-0.25, -0.2) is 4.39 Å². The lowest BCUT2D eigenvalue weighted by atomic mass is 9.91. The molecule has 3 heteroatoms. The maximum Gasteiger partial charge on any atom is 0.126 e. The van der Waals surface area contributed by atoms with Crippen LogP contribution in [0.25, 0.3) is 0 Å². The van der Waals surface area contributed by atoms with E-state index in [4.69, 9.17) is 0 Å². The zero-order valence-electron chi connectivity index (χ0n) is 13.7. The second-order valence-electron chi connectivity index (χ2n) is 6.43. The van der Waals surface area contributed by atoms with Crippen LogP contribution < -0.4 is 5.32 Å². The maximum atomic E-state index is 14.0. The highest BCUT2D eigenvalue weighted by Gasteiger charge is 2.22. The third kappa shape index (κ3) is 4.46. The van der Waals surface area contributed by atoms with Gasteiger partial charge in [0.2, 0.25) is 0 Å². The normalized spacial score (nSPS) is 24.0. The lowest BCUT2D eigenvalue weighted by Gasteiger charge is -2.28. The largest absolute Gasteiger partial charge is 0.310 e. The molecular weight excluding hydrogens is 281 g/mol. The van der Waals surface area contributed by atoms with E-state index in [9.17, 15) is 4.39 Å². The second-order valence-corrected chi connectivity index (χ2v) is 7.77. The van der Waals surface area contributed by atoms with Crippen LogP contribution in [0.1, 0.15) is 63.6 Å². The minimum Gasteiger partial charge on any atom is -0.310 e. The molecule has 0 heterocycles. The Morgan fingerprint density at radius 3 is 2.81 bits per heavy atom. The lowest BCUT2D eigenvalue weighted by molar-refractivity contribution is 0.394. The molecule has 1 nitrogen and oxygen atoms in total. The van der Waals surface area contributed by atoms with Gasteiger partial charge in [-0.15, -0.1) is 11.8 Å². The van der Waals surface area contributed by atoms with Gasteiger partial charge >= 0.3 is 0 Å². The molecule has 0 bridgehead atoms. The molecule has 1 aromatic rings. The zero-order valence-corrected chi connectivity index (χ0v) is 14.5. The summed E-state index contributed by atoms with van der Waals surface area (Å²) in [5.74, 6) is 0.739. The number of thioether (sulfide) groups is 1. The summed E-state index contributed by atoms with van der Waals surface area (Å²) in [6.45, 7) is 9.34. The number of rotatable bonds is 5. The van der Waals surface area contributed by atoms with Gasteiger partial charge in [0, 0.05) is 16.2 Å². The Bertz CT molecular complexity index is 475. The smallest absolute Gasteiger partial charge is 0.126 e. The summed E-state index contributed by atoms with van der Waals surface area (Å²) in [4.78, 5) is 1.27. The Morgan fingerprint density at radius 2 is 2.14 bits per heavy atom. The van der Waals surface area contributed by atoms with E-state index in [1.165, 1.54) is 30.6 Å². The van der Waals surface area contributed by atoms with Gasteiger partial charge in [0.15, 0.2) is 0 Å². The number of hydrogen-bond acceptors (Lipinski definition) is 2. The van der Waals surface area contributed by atoms with Gasteiger partial charge in [-0.2, -0.15) is 0 Å². The number of benzene rings is 1. The van der Waals surface area contributed by atoms with Crippen molar-refractivity contribution in [2.75, 3.05) is 6.54 Å². The average Bonchev–Trinajstić information content (AvgIpc) is 2.43. The quantitative estimate of drug-likeness (QED) is 0.773. The third-order valence-corrected chi connectivity index (χ3v) is 5.82. The zero-order chi connectivity index (χ0) is 15.4. The van der Waals surface area contributed by atoms with Crippen molar-refractivity contribution in [2.24, 2.45) is 5.92 Å². The average molecular weight is 309 g/mol. The van der Waals surface area contributed by atoms with E-state index >= 15 is 0 Å². The van der Waals surface area contributed by atoms with Gasteiger partial charge in [-0.1, -0.05) is 26.7 Å². The Morgan fingerprint density at radius 1 is 1.38 bits per heavy atom. The molecule has 1 saturated carbocycles.